The van der Waals surface area contributed by atoms with Gasteiger partial charge in [-0.3, -0.25) is 0 Å². The number of hydrogen-bond donors (Lipinski definition) is 1. The van der Waals surface area contributed by atoms with E-state index in [0.717, 1.165) is 29.8 Å². The Morgan fingerprint density at radius 1 is 1.29 bits per heavy atom. The van der Waals surface area contributed by atoms with E-state index in [0.29, 0.717) is 5.69 Å². The largest absolute Gasteiger partial charge is 0.506 e. The van der Waals surface area contributed by atoms with Crippen molar-refractivity contribution in [2.75, 3.05) is 0 Å². The first-order valence-electron chi connectivity index (χ1n) is 5.67. The third-order valence-electron chi connectivity index (χ3n) is 2.88. The molecule has 86 valence electrons. The highest BCUT2D eigenvalue weighted by Crippen LogP contribution is 2.23. The smallest absolute Gasteiger partial charge is 0.143 e. The van der Waals surface area contributed by atoms with Gasteiger partial charge in [-0.05, 0) is 43.5 Å². The lowest BCUT2D eigenvalue weighted by molar-refractivity contribution is 0.467. The van der Waals surface area contributed by atoms with Crippen molar-refractivity contribution in [2.24, 2.45) is 0 Å². The van der Waals surface area contributed by atoms with Gasteiger partial charge in [-0.25, -0.2) is 0 Å². The van der Waals surface area contributed by atoms with Crippen LogP contribution in [0.3, 0.4) is 0 Å². The Balaban J connectivity index is 2.12. The van der Waals surface area contributed by atoms with E-state index in [-0.39, 0.29) is 5.75 Å². The van der Waals surface area contributed by atoms with E-state index in [1.807, 2.05) is 25.1 Å². The molecule has 0 amide bonds. The van der Waals surface area contributed by atoms with Gasteiger partial charge in [0.1, 0.15) is 17.1 Å². The molecule has 4 heteroatoms. The van der Waals surface area contributed by atoms with Crippen LogP contribution in [0.4, 0.5) is 0 Å². The van der Waals surface area contributed by atoms with Gasteiger partial charge in [0.05, 0.1) is 5.69 Å². The van der Waals surface area contributed by atoms with Crippen molar-refractivity contribution in [2.45, 2.75) is 19.8 Å². The lowest BCUT2D eigenvalue weighted by Gasteiger charge is -2.03. The number of aromatic nitrogens is 3. The van der Waals surface area contributed by atoms with Crippen LogP contribution >= 0.6 is 0 Å². The zero-order valence-electron chi connectivity index (χ0n) is 9.59. The van der Waals surface area contributed by atoms with Gasteiger partial charge in [0.15, 0.2) is 0 Å². The minimum Gasteiger partial charge on any atom is -0.506 e. The van der Waals surface area contributed by atoms with Crippen molar-refractivity contribution in [3.8, 4) is 11.4 Å². The fourth-order valence-corrected chi connectivity index (χ4v) is 1.97. The maximum Gasteiger partial charge on any atom is 0.143 e. The molecule has 0 fully saturated rings. The van der Waals surface area contributed by atoms with Gasteiger partial charge < -0.3 is 5.11 Å². The van der Waals surface area contributed by atoms with E-state index >= 15 is 0 Å². The summed E-state index contributed by atoms with van der Waals surface area (Å²) < 4.78 is 0. The number of benzene rings is 1. The van der Waals surface area contributed by atoms with Crippen LogP contribution in [0, 0.1) is 6.92 Å². The molecule has 1 aliphatic carbocycles. The van der Waals surface area contributed by atoms with Crippen LogP contribution in [0.25, 0.3) is 11.8 Å². The molecule has 0 saturated heterocycles. The summed E-state index contributed by atoms with van der Waals surface area (Å²) in [6.07, 6.45) is 6.00. The van der Waals surface area contributed by atoms with E-state index in [1.54, 1.807) is 6.07 Å². The average molecular weight is 227 g/mol. The Kier molecular flexibility index (Phi) is 2.21. The first-order chi connectivity index (χ1) is 8.24. The van der Waals surface area contributed by atoms with Gasteiger partial charge in [-0.15, -0.1) is 9.90 Å². The molecule has 1 aromatic heterocycles. The molecule has 0 bridgehead atoms. The molecule has 1 N–H and O–H groups in total. The summed E-state index contributed by atoms with van der Waals surface area (Å²) in [4.78, 5) is 1.52. The lowest BCUT2D eigenvalue weighted by atomic mass is 10.1. The molecule has 2 aromatic rings. The highest BCUT2D eigenvalue weighted by atomic mass is 16.3. The van der Waals surface area contributed by atoms with Crippen LogP contribution in [-0.2, 0) is 6.42 Å². The average Bonchev–Trinajstić information content (AvgIpc) is 2.75. The molecule has 0 spiro atoms. The number of aromatic hydroxyl groups is 1. The molecule has 1 aliphatic rings. The van der Waals surface area contributed by atoms with Crippen molar-refractivity contribution in [3.63, 3.8) is 0 Å². The van der Waals surface area contributed by atoms with Gasteiger partial charge in [-0.1, -0.05) is 12.1 Å². The summed E-state index contributed by atoms with van der Waals surface area (Å²) >= 11 is 0. The fraction of sp³-hybridized carbons (Fsp3) is 0.231. The monoisotopic (exact) mass is 227 g/mol. The predicted molar refractivity (Wildman–Crippen MR) is 65.1 cm³/mol. The second-order valence-electron chi connectivity index (χ2n) is 4.25. The standard InChI is InChI=1S/C13H13N3O/c1-9-6-7-13(17)12(8-9)16-14-10-4-2-3-5-11(10)15-16/h2,4,6-8,17H,3,5H2,1H3. The molecule has 3 rings (SSSR count). The van der Waals surface area contributed by atoms with Gasteiger partial charge in [0.25, 0.3) is 0 Å². The molecule has 1 heterocycles. The quantitative estimate of drug-likeness (QED) is 0.812. The van der Waals surface area contributed by atoms with Crippen LogP contribution in [0.1, 0.15) is 23.4 Å². The molecule has 17 heavy (non-hydrogen) atoms. The van der Waals surface area contributed by atoms with E-state index in [9.17, 15) is 5.11 Å². The number of phenolic OH excluding ortho intramolecular Hbond substituents is 1. The topological polar surface area (TPSA) is 50.9 Å². The van der Waals surface area contributed by atoms with Crippen molar-refractivity contribution in [1.29, 1.82) is 0 Å². The first kappa shape index (κ1) is 10.1. The van der Waals surface area contributed by atoms with Crippen LogP contribution in [-0.4, -0.2) is 20.1 Å². The zero-order chi connectivity index (χ0) is 11.8. The van der Waals surface area contributed by atoms with Crippen molar-refractivity contribution >= 4 is 6.08 Å². The Hall–Kier alpha value is -2.10. The van der Waals surface area contributed by atoms with Crippen LogP contribution < -0.4 is 0 Å². The summed E-state index contributed by atoms with van der Waals surface area (Å²) in [5.41, 5.74) is 3.60. The Bertz CT molecular complexity index is 599. The maximum absolute atomic E-state index is 9.83. The second kappa shape index (κ2) is 3.73. The lowest BCUT2D eigenvalue weighted by Crippen LogP contribution is -2.00. The van der Waals surface area contributed by atoms with Crippen LogP contribution in [0.15, 0.2) is 24.3 Å². The molecule has 0 radical (unpaired) electrons. The van der Waals surface area contributed by atoms with Crippen molar-refractivity contribution in [3.05, 3.63) is 41.2 Å². The number of phenols is 1. The highest BCUT2D eigenvalue weighted by molar-refractivity contribution is 5.51. The molecular formula is C13H13N3O. The van der Waals surface area contributed by atoms with Crippen LogP contribution in [0.5, 0.6) is 5.75 Å². The third kappa shape index (κ3) is 1.71. The fourth-order valence-electron chi connectivity index (χ4n) is 1.97. The number of aryl methyl sites for hydroxylation is 2. The Morgan fingerprint density at radius 3 is 3.00 bits per heavy atom. The Morgan fingerprint density at radius 2 is 2.18 bits per heavy atom. The van der Waals surface area contributed by atoms with E-state index in [4.69, 9.17) is 0 Å². The molecule has 0 unspecified atom stereocenters. The van der Waals surface area contributed by atoms with Crippen LogP contribution in [0.2, 0.25) is 0 Å². The summed E-state index contributed by atoms with van der Waals surface area (Å²) in [6, 6.07) is 5.41. The Labute approximate surface area is 99.2 Å². The minimum atomic E-state index is 0.201. The zero-order valence-corrected chi connectivity index (χ0v) is 9.59. The molecule has 1 aromatic carbocycles. The summed E-state index contributed by atoms with van der Waals surface area (Å²) in [6.45, 7) is 1.98. The number of nitrogens with zero attached hydrogens (tertiary/aromatic N) is 3. The molecule has 0 atom stereocenters. The van der Waals surface area contributed by atoms with Gasteiger partial charge >= 0.3 is 0 Å². The van der Waals surface area contributed by atoms with E-state index in [2.05, 4.69) is 16.3 Å². The molecular weight excluding hydrogens is 214 g/mol. The first-order valence-corrected chi connectivity index (χ1v) is 5.67. The van der Waals surface area contributed by atoms with Gasteiger partial charge in [0.2, 0.25) is 0 Å². The summed E-state index contributed by atoms with van der Waals surface area (Å²) in [5.74, 6) is 0.201. The SMILES string of the molecule is Cc1ccc(O)c(-n2nc3c(n2)CCC=C3)c1. The van der Waals surface area contributed by atoms with Crippen molar-refractivity contribution in [1.82, 2.24) is 15.0 Å². The molecule has 0 saturated carbocycles. The van der Waals surface area contributed by atoms with E-state index < -0.39 is 0 Å². The number of rotatable bonds is 1. The second-order valence-corrected chi connectivity index (χ2v) is 4.25. The maximum atomic E-state index is 9.83. The molecule has 0 aliphatic heterocycles. The summed E-state index contributed by atoms with van der Waals surface area (Å²) in [5, 5.41) is 18.6. The molecule has 4 nitrogen and oxygen atoms in total. The highest BCUT2D eigenvalue weighted by Gasteiger charge is 2.14. The predicted octanol–water partition coefficient (Wildman–Crippen LogP) is 2.24. The number of fused-ring (bicyclic) bond motifs is 1. The normalized spacial score (nSPS) is 13.7. The minimum absolute atomic E-state index is 0.201. The summed E-state index contributed by atoms with van der Waals surface area (Å²) in [7, 11) is 0. The van der Waals surface area contributed by atoms with Gasteiger partial charge in [-0.2, -0.15) is 5.10 Å². The van der Waals surface area contributed by atoms with Gasteiger partial charge in [0, 0.05) is 0 Å². The number of hydrogen-bond acceptors (Lipinski definition) is 3. The number of allylic oxidation sites excluding steroid dienone is 1. The van der Waals surface area contributed by atoms with E-state index in [1.165, 1.54) is 4.80 Å². The third-order valence-corrected chi connectivity index (χ3v) is 2.88. The van der Waals surface area contributed by atoms with Crippen molar-refractivity contribution < 1.29 is 5.11 Å².